The number of para-hydroxylation sites is 1. The summed E-state index contributed by atoms with van der Waals surface area (Å²) in [6.07, 6.45) is 0. The number of carbonyl (C=O) groups excluding carboxylic acids is 1. The SMILES string of the molecule is Cc1ccc([N+](=O)[O-])cc1NC(=O)C[NH+](C)Cc1nc2ccccc2s1. The number of hydrogen-bond donors (Lipinski definition) is 2. The van der Waals surface area contributed by atoms with E-state index >= 15 is 0 Å². The number of nitro groups is 1. The fourth-order valence-corrected chi connectivity index (χ4v) is 3.72. The predicted molar refractivity (Wildman–Crippen MR) is 102 cm³/mol. The molecule has 1 heterocycles. The number of nitro benzene ring substituents is 1. The third-order valence-electron chi connectivity index (χ3n) is 3.96. The van der Waals surface area contributed by atoms with Crippen LogP contribution in [-0.4, -0.2) is 29.4 Å². The fraction of sp³-hybridized carbons (Fsp3) is 0.222. The highest BCUT2D eigenvalue weighted by Crippen LogP contribution is 2.22. The summed E-state index contributed by atoms with van der Waals surface area (Å²) in [7, 11) is 1.92. The molecule has 0 aliphatic heterocycles. The quantitative estimate of drug-likeness (QED) is 0.513. The summed E-state index contributed by atoms with van der Waals surface area (Å²) in [4.78, 5) is 28.3. The number of likely N-dealkylation sites (N-methyl/N-ethyl adjacent to an activating group) is 1. The van der Waals surface area contributed by atoms with Crippen LogP contribution in [-0.2, 0) is 11.3 Å². The topological polar surface area (TPSA) is 89.6 Å². The summed E-state index contributed by atoms with van der Waals surface area (Å²) in [5.74, 6) is -0.188. The molecule has 7 nitrogen and oxygen atoms in total. The van der Waals surface area contributed by atoms with Gasteiger partial charge in [-0.15, -0.1) is 11.3 Å². The first kappa shape index (κ1) is 18.0. The van der Waals surface area contributed by atoms with Gasteiger partial charge < -0.3 is 10.2 Å². The number of quaternary nitrogens is 1. The molecule has 0 bridgehead atoms. The summed E-state index contributed by atoms with van der Waals surface area (Å²) in [5.41, 5.74) is 2.18. The molecule has 0 aliphatic rings. The maximum absolute atomic E-state index is 12.3. The van der Waals surface area contributed by atoms with Crippen molar-refractivity contribution in [3.8, 4) is 0 Å². The molecule has 26 heavy (non-hydrogen) atoms. The lowest BCUT2D eigenvalue weighted by molar-refractivity contribution is -0.885. The maximum Gasteiger partial charge on any atom is 0.279 e. The molecule has 0 spiro atoms. The Kier molecular flexibility index (Phi) is 5.24. The molecule has 3 rings (SSSR count). The van der Waals surface area contributed by atoms with Gasteiger partial charge in [0.25, 0.3) is 11.6 Å². The molecule has 1 unspecified atom stereocenters. The van der Waals surface area contributed by atoms with E-state index in [1.54, 1.807) is 24.3 Å². The highest BCUT2D eigenvalue weighted by molar-refractivity contribution is 7.18. The molecule has 0 saturated carbocycles. The molecule has 3 aromatic rings. The van der Waals surface area contributed by atoms with E-state index in [1.165, 1.54) is 12.1 Å². The first-order valence-electron chi connectivity index (χ1n) is 8.13. The van der Waals surface area contributed by atoms with Crippen LogP contribution in [0.25, 0.3) is 10.2 Å². The number of rotatable bonds is 6. The number of nitrogens with one attached hydrogen (secondary N) is 2. The predicted octanol–water partition coefficient (Wildman–Crippen LogP) is 2.17. The van der Waals surface area contributed by atoms with Crippen molar-refractivity contribution in [1.29, 1.82) is 0 Å². The Labute approximate surface area is 154 Å². The second-order valence-electron chi connectivity index (χ2n) is 6.19. The summed E-state index contributed by atoms with van der Waals surface area (Å²) in [5, 5.41) is 14.6. The minimum atomic E-state index is -0.473. The zero-order valence-corrected chi connectivity index (χ0v) is 15.3. The number of non-ortho nitro benzene ring substituents is 1. The van der Waals surface area contributed by atoms with Crippen LogP contribution in [0.4, 0.5) is 11.4 Å². The number of amides is 1. The minimum Gasteiger partial charge on any atom is -0.324 e. The van der Waals surface area contributed by atoms with E-state index in [9.17, 15) is 14.9 Å². The zero-order valence-electron chi connectivity index (χ0n) is 14.5. The van der Waals surface area contributed by atoms with Gasteiger partial charge in [0, 0.05) is 12.1 Å². The van der Waals surface area contributed by atoms with E-state index in [-0.39, 0.29) is 18.1 Å². The smallest absolute Gasteiger partial charge is 0.279 e. The molecule has 1 amide bonds. The lowest BCUT2D eigenvalue weighted by atomic mass is 10.2. The summed E-state index contributed by atoms with van der Waals surface area (Å²) in [6.45, 7) is 2.69. The molecular weight excluding hydrogens is 352 g/mol. The van der Waals surface area contributed by atoms with Crippen molar-refractivity contribution in [3.05, 3.63) is 63.1 Å². The van der Waals surface area contributed by atoms with Gasteiger partial charge in [0.1, 0.15) is 11.6 Å². The molecule has 1 atom stereocenters. The van der Waals surface area contributed by atoms with Crippen LogP contribution in [0.15, 0.2) is 42.5 Å². The number of nitrogens with zero attached hydrogens (tertiary/aromatic N) is 2. The molecule has 8 heteroatoms. The van der Waals surface area contributed by atoms with Gasteiger partial charge in [-0.2, -0.15) is 0 Å². The van der Waals surface area contributed by atoms with Gasteiger partial charge in [0.05, 0.1) is 27.9 Å². The largest absolute Gasteiger partial charge is 0.324 e. The first-order chi connectivity index (χ1) is 12.4. The number of benzene rings is 2. The van der Waals surface area contributed by atoms with Crippen molar-refractivity contribution in [2.75, 3.05) is 18.9 Å². The molecule has 1 aromatic heterocycles. The van der Waals surface area contributed by atoms with Crippen LogP contribution in [0.5, 0.6) is 0 Å². The van der Waals surface area contributed by atoms with Crippen molar-refractivity contribution in [1.82, 2.24) is 4.98 Å². The Morgan fingerprint density at radius 3 is 2.81 bits per heavy atom. The third-order valence-corrected chi connectivity index (χ3v) is 5.00. The summed E-state index contributed by atoms with van der Waals surface area (Å²) in [6, 6.07) is 12.4. The highest BCUT2D eigenvalue weighted by atomic mass is 32.1. The second-order valence-corrected chi connectivity index (χ2v) is 7.31. The highest BCUT2D eigenvalue weighted by Gasteiger charge is 2.16. The van der Waals surface area contributed by atoms with E-state index < -0.39 is 4.92 Å². The Bertz CT molecular complexity index is 937. The average Bonchev–Trinajstić information content (AvgIpc) is 2.98. The van der Waals surface area contributed by atoms with Gasteiger partial charge in [-0.05, 0) is 24.6 Å². The third kappa shape index (κ3) is 4.22. The van der Waals surface area contributed by atoms with E-state index in [0.29, 0.717) is 12.2 Å². The first-order valence-corrected chi connectivity index (χ1v) is 8.94. The Morgan fingerprint density at radius 2 is 2.08 bits per heavy atom. The minimum absolute atomic E-state index is 0.0407. The number of hydrogen-bond acceptors (Lipinski definition) is 5. The van der Waals surface area contributed by atoms with Crippen LogP contribution in [0.3, 0.4) is 0 Å². The van der Waals surface area contributed by atoms with Gasteiger partial charge in [-0.1, -0.05) is 18.2 Å². The molecular formula is C18H19N4O3S+. The van der Waals surface area contributed by atoms with Gasteiger partial charge in [-0.25, -0.2) is 4.98 Å². The average molecular weight is 371 g/mol. The number of anilines is 1. The van der Waals surface area contributed by atoms with Crippen LogP contribution >= 0.6 is 11.3 Å². The standard InChI is InChI=1S/C18H18N4O3S/c1-12-7-8-13(22(24)25)9-15(12)19-17(23)10-21(2)11-18-20-14-5-3-4-6-16(14)26-18/h3-9H,10-11H2,1-2H3,(H,19,23)/p+1. The van der Waals surface area contributed by atoms with Crippen LogP contribution in [0, 0.1) is 17.0 Å². The van der Waals surface area contributed by atoms with Crippen molar-refractivity contribution in [2.45, 2.75) is 13.5 Å². The van der Waals surface area contributed by atoms with Crippen molar-refractivity contribution < 1.29 is 14.6 Å². The lowest BCUT2D eigenvalue weighted by Gasteiger charge is -2.13. The van der Waals surface area contributed by atoms with Crippen LogP contribution < -0.4 is 10.2 Å². The molecule has 2 N–H and O–H groups in total. The van der Waals surface area contributed by atoms with Gasteiger partial charge in [0.2, 0.25) is 0 Å². The fourth-order valence-electron chi connectivity index (χ4n) is 2.64. The van der Waals surface area contributed by atoms with Gasteiger partial charge in [-0.3, -0.25) is 14.9 Å². The summed E-state index contributed by atoms with van der Waals surface area (Å²) >= 11 is 1.63. The zero-order chi connectivity index (χ0) is 18.7. The molecule has 0 aliphatic carbocycles. The molecule has 0 radical (unpaired) electrons. The number of fused-ring (bicyclic) bond motifs is 1. The molecule has 134 valence electrons. The van der Waals surface area contributed by atoms with Crippen LogP contribution in [0.1, 0.15) is 10.6 Å². The number of thiazole rings is 1. The van der Waals surface area contributed by atoms with E-state index in [1.807, 2.05) is 31.3 Å². The Morgan fingerprint density at radius 1 is 1.31 bits per heavy atom. The Balaban J connectivity index is 1.62. The van der Waals surface area contributed by atoms with E-state index in [4.69, 9.17) is 0 Å². The van der Waals surface area contributed by atoms with Gasteiger partial charge >= 0.3 is 0 Å². The molecule has 0 saturated heterocycles. The maximum atomic E-state index is 12.3. The summed E-state index contributed by atoms with van der Waals surface area (Å²) < 4.78 is 1.13. The number of aromatic nitrogens is 1. The van der Waals surface area contributed by atoms with E-state index in [0.717, 1.165) is 25.7 Å². The lowest BCUT2D eigenvalue weighted by Crippen LogP contribution is -3.08. The van der Waals surface area contributed by atoms with Crippen molar-refractivity contribution >= 4 is 38.8 Å². The normalized spacial score (nSPS) is 12.1. The van der Waals surface area contributed by atoms with Gasteiger partial charge in [0.15, 0.2) is 6.54 Å². The molecule has 2 aromatic carbocycles. The monoisotopic (exact) mass is 371 g/mol. The second kappa shape index (κ2) is 7.59. The van der Waals surface area contributed by atoms with Crippen LogP contribution in [0.2, 0.25) is 0 Å². The van der Waals surface area contributed by atoms with E-state index in [2.05, 4.69) is 10.3 Å². The number of aryl methyl sites for hydroxylation is 1. The van der Waals surface area contributed by atoms with Crippen molar-refractivity contribution in [2.24, 2.45) is 0 Å². The Hall–Kier alpha value is -2.84. The van der Waals surface area contributed by atoms with Crippen molar-refractivity contribution in [3.63, 3.8) is 0 Å². The molecule has 0 fully saturated rings. The number of carbonyl (C=O) groups is 1.